The van der Waals surface area contributed by atoms with Crippen molar-refractivity contribution in [3.05, 3.63) is 30.1 Å². The van der Waals surface area contributed by atoms with E-state index in [4.69, 9.17) is 0 Å². The standard InChI is InChI=1S/C15H24N2/c1-2-9-17-15-8-4-3-7-14(15)11-13-6-5-10-16-12-13/h5-6,10,12,14-15,17H,2-4,7-9,11H2,1H3. The normalized spacial score (nSPS) is 24.8. The zero-order chi connectivity index (χ0) is 11.9. The fraction of sp³-hybridized carbons (Fsp3) is 0.667. The summed E-state index contributed by atoms with van der Waals surface area (Å²) < 4.78 is 0. The van der Waals surface area contributed by atoms with Crippen LogP contribution in [0.1, 0.15) is 44.6 Å². The summed E-state index contributed by atoms with van der Waals surface area (Å²) in [7, 11) is 0. The molecular formula is C15H24N2. The van der Waals surface area contributed by atoms with E-state index in [-0.39, 0.29) is 0 Å². The third-order valence-corrected chi connectivity index (χ3v) is 3.79. The number of nitrogens with one attached hydrogen (secondary N) is 1. The van der Waals surface area contributed by atoms with Gasteiger partial charge in [0.1, 0.15) is 0 Å². The largest absolute Gasteiger partial charge is 0.314 e. The first-order chi connectivity index (χ1) is 8.40. The minimum absolute atomic E-state index is 0.726. The lowest BCUT2D eigenvalue weighted by atomic mass is 9.81. The van der Waals surface area contributed by atoms with Gasteiger partial charge in [-0.3, -0.25) is 4.98 Å². The van der Waals surface area contributed by atoms with Crippen molar-refractivity contribution >= 4 is 0 Å². The van der Waals surface area contributed by atoms with Gasteiger partial charge in [0.15, 0.2) is 0 Å². The van der Waals surface area contributed by atoms with Gasteiger partial charge in [-0.25, -0.2) is 0 Å². The van der Waals surface area contributed by atoms with E-state index in [9.17, 15) is 0 Å². The molecule has 2 rings (SSSR count). The highest BCUT2D eigenvalue weighted by atomic mass is 14.9. The Labute approximate surface area is 105 Å². The average molecular weight is 232 g/mol. The number of rotatable bonds is 5. The second-order valence-electron chi connectivity index (χ2n) is 5.17. The first-order valence-electron chi connectivity index (χ1n) is 7.02. The Hall–Kier alpha value is -0.890. The number of pyridine rings is 1. The third kappa shape index (κ3) is 3.81. The molecule has 2 atom stereocenters. The number of hydrogen-bond acceptors (Lipinski definition) is 2. The smallest absolute Gasteiger partial charge is 0.0299 e. The van der Waals surface area contributed by atoms with Crippen molar-refractivity contribution in [1.82, 2.24) is 10.3 Å². The van der Waals surface area contributed by atoms with Gasteiger partial charge in [0, 0.05) is 18.4 Å². The van der Waals surface area contributed by atoms with Crippen LogP contribution in [0.15, 0.2) is 24.5 Å². The van der Waals surface area contributed by atoms with E-state index in [1.165, 1.54) is 44.1 Å². The van der Waals surface area contributed by atoms with E-state index in [0.717, 1.165) is 18.5 Å². The van der Waals surface area contributed by atoms with Crippen LogP contribution >= 0.6 is 0 Å². The summed E-state index contributed by atoms with van der Waals surface area (Å²) in [6.07, 6.45) is 11.8. The predicted octanol–water partition coefficient (Wildman–Crippen LogP) is 3.18. The summed E-state index contributed by atoms with van der Waals surface area (Å²) in [5.74, 6) is 0.805. The molecule has 2 nitrogen and oxygen atoms in total. The number of nitrogens with zero attached hydrogens (tertiary/aromatic N) is 1. The first-order valence-corrected chi connectivity index (χ1v) is 7.02. The van der Waals surface area contributed by atoms with Crippen molar-refractivity contribution in [1.29, 1.82) is 0 Å². The van der Waals surface area contributed by atoms with Crippen LogP contribution < -0.4 is 5.32 Å². The van der Waals surface area contributed by atoms with E-state index >= 15 is 0 Å². The second-order valence-corrected chi connectivity index (χ2v) is 5.17. The summed E-state index contributed by atoms with van der Waals surface area (Å²) in [5.41, 5.74) is 1.39. The van der Waals surface area contributed by atoms with Crippen molar-refractivity contribution in [2.45, 2.75) is 51.5 Å². The fourth-order valence-electron chi connectivity index (χ4n) is 2.87. The minimum atomic E-state index is 0.726. The van der Waals surface area contributed by atoms with Gasteiger partial charge in [0.25, 0.3) is 0 Å². The molecule has 17 heavy (non-hydrogen) atoms. The van der Waals surface area contributed by atoms with Gasteiger partial charge < -0.3 is 5.32 Å². The van der Waals surface area contributed by atoms with Gasteiger partial charge in [-0.05, 0) is 49.8 Å². The van der Waals surface area contributed by atoms with Gasteiger partial charge >= 0.3 is 0 Å². The topological polar surface area (TPSA) is 24.9 Å². The molecule has 2 unspecified atom stereocenters. The van der Waals surface area contributed by atoms with Gasteiger partial charge in [-0.15, -0.1) is 0 Å². The highest BCUT2D eigenvalue weighted by Gasteiger charge is 2.24. The quantitative estimate of drug-likeness (QED) is 0.843. The van der Waals surface area contributed by atoms with E-state index < -0.39 is 0 Å². The molecule has 94 valence electrons. The van der Waals surface area contributed by atoms with Crippen molar-refractivity contribution < 1.29 is 0 Å². The van der Waals surface area contributed by atoms with Gasteiger partial charge in [0.05, 0.1) is 0 Å². The second kappa shape index (κ2) is 6.75. The summed E-state index contributed by atoms with van der Waals surface area (Å²) in [4.78, 5) is 4.22. The molecule has 1 aromatic rings. The van der Waals surface area contributed by atoms with Crippen LogP contribution in [-0.2, 0) is 6.42 Å². The lowest BCUT2D eigenvalue weighted by molar-refractivity contribution is 0.261. The van der Waals surface area contributed by atoms with Crippen molar-refractivity contribution in [2.24, 2.45) is 5.92 Å². The molecule has 1 aliphatic rings. The lowest BCUT2D eigenvalue weighted by Gasteiger charge is -2.32. The maximum Gasteiger partial charge on any atom is 0.0299 e. The van der Waals surface area contributed by atoms with Crippen LogP contribution in [0, 0.1) is 5.92 Å². The van der Waals surface area contributed by atoms with Crippen LogP contribution in [0.5, 0.6) is 0 Å². The molecule has 1 N–H and O–H groups in total. The Morgan fingerprint density at radius 2 is 2.24 bits per heavy atom. The molecule has 1 fully saturated rings. The maximum atomic E-state index is 4.22. The summed E-state index contributed by atoms with van der Waals surface area (Å²) in [5, 5.41) is 3.72. The van der Waals surface area contributed by atoms with Gasteiger partial charge in [0.2, 0.25) is 0 Å². The number of aromatic nitrogens is 1. The van der Waals surface area contributed by atoms with E-state index in [1.807, 2.05) is 18.5 Å². The average Bonchev–Trinajstić information content (AvgIpc) is 2.39. The molecule has 2 heteroatoms. The molecule has 0 amide bonds. The van der Waals surface area contributed by atoms with Crippen molar-refractivity contribution in [3.63, 3.8) is 0 Å². The van der Waals surface area contributed by atoms with Crippen LogP contribution in [0.25, 0.3) is 0 Å². The Morgan fingerprint density at radius 1 is 1.35 bits per heavy atom. The Kier molecular flexibility index (Phi) is 4.99. The zero-order valence-electron chi connectivity index (χ0n) is 10.9. The molecule has 1 aliphatic carbocycles. The van der Waals surface area contributed by atoms with E-state index in [1.54, 1.807) is 0 Å². The summed E-state index contributed by atoms with van der Waals surface area (Å²) >= 11 is 0. The summed E-state index contributed by atoms with van der Waals surface area (Å²) in [6.45, 7) is 3.40. The van der Waals surface area contributed by atoms with Crippen LogP contribution in [0.3, 0.4) is 0 Å². The maximum absolute atomic E-state index is 4.22. The van der Waals surface area contributed by atoms with Gasteiger partial charge in [-0.2, -0.15) is 0 Å². The Bertz CT molecular complexity index is 310. The molecule has 0 spiro atoms. The van der Waals surface area contributed by atoms with Crippen LogP contribution in [0.2, 0.25) is 0 Å². The van der Waals surface area contributed by atoms with Crippen molar-refractivity contribution in [3.8, 4) is 0 Å². The lowest BCUT2D eigenvalue weighted by Crippen LogP contribution is -2.39. The predicted molar refractivity (Wildman–Crippen MR) is 72.0 cm³/mol. The highest BCUT2D eigenvalue weighted by Crippen LogP contribution is 2.27. The SMILES string of the molecule is CCCNC1CCCCC1Cc1cccnc1. The molecule has 0 bridgehead atoms. The molecule has 1 heterocycles. The van der Waals surface area contributed by atoms with Crippen LogP contribution in [0.4, 0.5) is 0 Å². The Balaban J connectivity index is 1.92. The minimum Gasteiger partial charge on any atom is -0.314 e. The summed E-state index contributed by atoms with van der Waals surface area (Å²) in [6, 6.07) is 4.98. The highest BCUT2D eigenvalue weighted by molar-refractivity contribution is 5.10. The first kappa shape index (κ1) is 12.6. The fourth-order valence-corrected chi connectivity index (χ4v) is 2.87. The zero-order valence-corrected chi connectivity index (χ0v) is 10.9. The molecule has 0 aliphatic heterocycles. The van der Waals surface area contributed by atoms with Gasteiger partial charge in [-0.1, -0.05) is 25.8 Å². The monoisotopic (exact) mass is 232 g/mol. The molecule has 0 saturated heterocycles. The molecule has 1 aromatic heterocycles. The molecular weight excluding hydrogens is 208 g/mol. The Morgan fingerprint density at radius 3 is 3.00 bits per heavy atom. The molecule has 0 radical (unpaired) electrons. The third-order valence-electron chi connectivity index (χ3n) is 3.79. The molecule has 0 aromatic carbocycles. The molecule has 1 saturated carbocycles. The number of hydrogen-bond donors (Lipinski definition) is 1. The van der Waals surface area contributed by atoms with Crippen LogP contribution in [-0.4, -0.2) is 17.6 Å². The van der Waals surface area contributed by atoms with E-state index in [2.05, 4.69) is 23.3 Å². The van der Waals surface area contributed by atoms with Crippen molar-refractivity contribution in [2.75, 3.05) is 6.54 Å². The van der Waals surface area contributed by atoms with E-state index in [0.29, 0.717) is 0 Å².